The lowest BCUT2D eigenvalue weighted by molar-refractivity contribution is -0.145. The molecule has 1 fully saturated rings. The number of fused-ring (bicyclic) bond motifs is 1. The van der Waals surface area contributed by atoms with Crippen LogP contribution in [-0.4, -0.2) is 40.0 Å². The molecule has 8 heteroatoms. The number of allylic oxidation sites excluding steroid dienone is 2. The summed E-state index contributed by atoms with van der Waals surface area (Å²) in [7, 11) is 0. The number of hydrogen-bond donors (Lipinski definition) is 1. The fraction of sp³-hybridized carbons (Fsp3) is 0.389. The molecule has 1 aromatic rings. The van der Waals surface area contributed by atoms with E-state index in [4.69, 9.17) is 10.6 Å². The standard InChI is InChI=1S/C18H20N4O4/c19-16(14-8-3-4-10-20-14)21-26-15(23)9-5-11-22-17(24)12-6-1-2-7-13(12)18(22)25/h1-4,8,10,12-13H,5-7,9,11H2,(H2,19,21)/t12-,13-/m1/s1. The third-order valence-corrected chi connectivity index (χ3v) is 4.53. The molecule has 26 heavy (non-hydrogen) atoms. The summed E-state index contributed by atoms with van der Waals surface area (Å²) in [5.41, 5.74) is 6.09. The van der Waals surface area contributed by atoms with E-state index in [0.717, 1.165) is 0 Å². The van der Waals surface area contributed by atoms with Gasteiger partial charge in [0.1, 0.15) is 5.69 Å². The van der Waals surface area contributed by atoms with E-state index in [0.29, 0.717) is 25.0 Å². The predicted molar refractivity (Wildman–Crippen MR) is 92.4 cm³/mol. The van der Waals surface area contributed by atoms with E-state index in [1.807, 2.05) is 12.2 Å². The molecule has 1 aliphatic heterocycles. The second-order valence-corrected chi connectivity index (χ2v) is 6.24. The molecule has 0 unspecified atom stereocenters. The van der Waals surface area contributed by atoms with Crippen LogP contribution in [0.4, 0.5) is 0 Å². The highest BCUT2D eigenvalue weighted by atomic mass is 16.7. The third-order valence-electron chi connectivity index (χ3n) is 4.53. The predicted octanol–water partition coefficient (Wildman–Crippen LogP) is 0.976. The molecule has 0 bridgehead atoms. The summed E-state index contributed by atoms with van der Waals surface area (Å²) in [6.07, 6.45) is 7.00. The Kier molecular flexibility index (Phi) is 5.40. The first-order valence-electron chi connectivity index (χ1n) is 8.53. The van der Waals surface area contributed by atoms with Crippen LogP contribution in [0.25, 0.3) is 0 Å². The van der Waals surface area contributed by atoms with Crippen molar-refractivity contribution in [3.8, 4) is 0 Å². The van der Waals surface area contributed by atoms with Crippen molar-refractivity contribution in [1.82, 2.24) is 9.88 Å². The van der Waals surface area contributed by atoms with Gasteiger partial charge >= 0.3 is 5.97 Å². The minimum atomic E-state index is -0.581. The van der Waals surface area contributed by atoms with E-state index < -0.39 is 5.97 Å². The normalized spacial score (nSPS) is 22.5. The summed E-state index contributed by atoms with van der Waals surface area (Å²) < 4.78 is 0. The van der Waals surface area contributed by atoms with Crippen molar-refractivity contribution in [1.29, 1.82) is 0 Å². The Morgan fingerprint density at radius 3 is 2.54 bits per heavy atom. The van der Waals surface area contributed by atoms with Crippen LogP contribution in [0, 0.1) is 11.8 Å². The molecule has 136 valence electrons. The number of carbonyl (C=O) groups is 3. The van der Waals surface area contributed by atoms with E-state index >= 15 is 0 Å². The van der Waals surface area contributed by atoms with Crippen molar-refractivity contribution in [2.75, 3.05) is 6.54 Å². The van der Waals surface area contributed by atoms with Crippen LogP contribution in [-0.2, 0) is 19.2 Å². The number of amides is 2. The lowest BCUT2D eigenvalue weighted by atomic mass is 9.85. The lowest BCUT2D eigenvalue weighted by Gasteiger charge is -2.14. The van der Waals surface area contributed by atoms with Gasteiger partial charge in [-0.1, -0.05) is 23.4 Å². The number of carbonyl (C=O) groups excluding carboxylic acids is 3. The molecule has 1 saturated heterocycles. The van der Waals surface area contributed by atoms with Gasteiger partial charge in [-0.3, -0.25) is 19.5 Å². The maximum atomic E-state index is 12.3. The van der Waals surface area contributed by atoms with E-state index in [1.165, 1.54) is 4.90 Å². The molecule has 8 nitrogen and oxygen atoms in total. The van der Waals surface area contributed by atoms with Crippen LogP contribution >= 0.6 is 0 Å². The summed E-state index contributed by atoms with van der Waals surface area (Å²) in [5.74, 6) is -1.36. The number of imide groups is 1. The molecule has 2 heterocycles. The molecule has 3 rings (SSSR count). The largest absolute Gasteiger partial charge is 0.379 e. The Balaban J connectivity index is 1.45. The zero-order valence-corrected chi connectivity index (χ0v) is 14.2. The van der Waals surface area contributed by atoms with Gasteiger partial charge in [-0.2, -0.15) is 0 Å². The van der Waals surface area contributed by atoms with Crippen LogP contribution in [0.5, 0.6) is 0 Å². The van der Waals surface area contributed by atoms with Crippen LogP contribution in [0.15, 0.2) is 41.7 Å². The monoisotopic (exact) mass is 356 g/mol. The van der Waals surface area contributed by atoms with Crippen molar-refractivity contribution >= 4 is 23.6 Å². The molecule has 0 saturated carbocycles. The number of nitrogens with two attached hydrogens (primary N) is 1. The number of amidine groups is 1. The van der Waals surface area contributed by atoms with Gasteiger partial charge in [0, 0.05) is 19.2 Å². The average Bonchev–Trinajstić information content (AvgIpc) is 2.92. The number of nitrogens with zero attached hydrogens (tertiary/aromatic N) is 3. The summed E-state index contributed by atoms with van der Waals surface area (Å²) >= 11 is 0. The van der Waals surface area contributed by atoms with Gasteiger partial charge < -0.3 is 10.6 Å². The van der Waals surface area contributed by atoms with E-state index in [2.05, 4.69) is 10.1 Å². The van der Waals surface area contributed by atoms with Crippen LogP contribution in [0.3, 0.4) is 0 Å². The van der Waals surface area contributed by atoms with Crippen molar-refractivity contribution in [3.63, 3.8) is 0 Å². The van der Waals surface area contributed by atoms with Gasteiger partial charge in [0.25, 0.3) is 0 Å². The van der Waals surface area contributed by atoms with Gasteiger partial charge in [0.05, 0.1) is 11.8 Å². The summed E-state index contributed by atoms with van der Waals surface area (Å²) in [6, 6.07) is 5.12. The highest BCUT2D eigenvalue weighted by molar-refractivity contribution is 6.05. The van der Waals surface area contributed by atoms with Gasteiger partial charge in [-0.15, -0.1) is 0 Å². The Hall–Kier alpha value is -3.03. The topological polar surface area (TPSA) is 115 Å². The molecule has 2 amide bonds. The number of pyridine rings is 1. The van der Waals surface area contributed by atoms with E-state index in [9.17, 15) is 14.4 Å². The fourth-order valence-corrected chi connectivity index (χ4v) is 3.18. The number of aromatic nitrogens is 1. The van der Waals surface area contributed by atoms with Crippen molar-refractivity contribution in [2.24, 2.45) is 22.7 Å². The Morgan fingerprint density at radius 2 is 1.92 bits per heavy atom. The fourth-order valence-electron chi connectivity index (χ4n) is 3.18. The summed E-state index contributed by atoms with van der Waals surface area (Å²) in [4.78, 5) is 46.4. The highest BCUT2D eigenvalue weighted by Crippen LogP contribution is 2.35. The molecule has 2 N–H and O–H groups in total. The Bertz CT molecular complexity index is 734. The number of oxime groups is 1. The van der Waals surface area contributed by atoms with E-state index in [-0.39, 0.29) is 42.5 Å². The molecular formula is C18H20N4O4. The lowest BCUT2D eigenvalue weighted by Crippen LogP contribution is -2.32. The van der Waals surface area contributed by atoms with Crippen LogP contribution in [0.1, 0.15) is 31.4 Å². The molecule has 2 aliphatic rings. The highest BCUT2D eigenvalue weighted by Gasteiger charge is 2.46. The van der Waals surface area contributed by atoms with Gasteiger partial charge in [-0.05, 0) is 31.4 Å². The zero-order valence-electron chi connectivity index (χ0n) is 14.2. The maximum absolute atomic E-state index is 12.3. The molecule has 0 spiro atoms. The summed E-state index contributed by atoms with van der Waals surface area (Å²) in [5, 5.41) is 3.56. The van der Waals surface area contributed by atoms with E-state index in [1.54, 1.807) is 24.4 Å². The summed E-state index contributed by atoms with van der Waals surface area (Å²) in [6.45, 7) is 0.208. The zero-order chi connectivity index (χ0) is 18.5. The maximum Gasteiger partial charge on any atom is 0.335 e. The minimum Gasteiger partial charge on any atom is -0.379 e. The first-order chi connectivity index (χ1) is 12.6. The molecular weight excluding hydrogens is 336 g/mol. The Morgan fingerprint density at radius 1 is 1.23 bits per heavy atom. The molecule has 1 aromatic heterocycles. The van der Waals surface area contributed by atoms with Gasteiger partial charge in [0.2, 0.25) is 11.8 Å². The second-order valence-electron chi connectivity index (χ2n) is 6.24. The van der Waals surface area contributed by atoms with Crippen molar-refractivity contribution in [3.05, 3.63) is 42.2 Å². The number of likely N-dealkylation sites (tertiary alicyclic amines) is 1. The molecule has 0 aromatic carbocycles. The van der Waals surface area contributed by atoms with Crippen molar-refractivity contribution in [2.45, 2.75) is 25.7 Å². The van der Waals surface area contributed by atoms with Crippen LogP contribution in [0.2, 0.25) is 0 Å². The quantitative estimate of drug-likeness (QED) is 0.203. The first-order valence-corrected chi connectivity index (χ1v) is 8.53. The van der Waals surface area contributed by atoms with Crippen molar-refractivity contribution < 1.29 is 19.2 Å². The number of hydrogen-bond acceptors (Lipinski definition) is 6. The molecule has 2 atom stereocenters. The average molecular weight is 356 g/mol. The Labute approximate surface area is 150 Å². The minimum absolute atomic E-state index is 0.000392. The number of rotatable bonds is 6. The first kappa shape index (κ1) is 17.8. The van der Waals surface area contributed by atoms with Gasteiger partial charge in [-0.25, -0.2) is 4.79 Å². The third kappa shape index (κ3) is 3.79. The molecule has 0 radical (unpaired) electrons. The second kappa shape index (κ2) is 7.90. The van der Waals surface area contributed by atoms with Gasteiger partial charge in [0.15, 0.2) is 5.84 Å². The smallest absolute Gasteiger partial charge is 0.335 e. The van der Waals surface area contributed by atoms with Crippen LogP contribution < -0.4 is 5.73 Å². The molecule has 1 aliphatic carbocycles. The SMILES string of the molecule is N/C(=N\OC(=O)CCCN1C(=O)[C@@H]2CC=CC[C@H]2C1=O)c1ccccn1.